The number of amides is 1. The summed E-state index contributed by atoms with van der Waals surface area (Å²) in [5, 5.41) is 2.95. The molecule has 0 radical (unpaired) electrons. The molecule has 1 atom stereocenters. The first-order valence-electron chi connectivity index (χ1n) is 6.16. The van der Waals surface area contributed by atoms with Gasteiger partial charge < -0.3 is 11.1 Å². The van der Waals surface area contributed by atoms with E-state index >= 15 is 0 Å². The van der Waals surface area contributed by atoms with Gasteiger partial charge in [-0.25, -0.2) is 0 Å². The number of carbonyl (C=O) groups excluding carboxylic acids is 1. The summed E-state index contributed by atoms with van der Waals surface area (Å²) in [6, 6.07) is 0.0247. The van der Waals surface area contributed by atoms with Crippen LogP contribution in [0.2, 0.25) is 0 Å². The van der Waals surface area contributed by atoms with Crippen molar-refractivity contribution in [1.29, 1.82) is 0 Å². The maximum atomic E-state index is 11.5. The molecule has 0 aromatic carbocycles. The lowest BCUT2D eigenvalue weighted by Crippen LogP contribution is -2.34. The van der Waals surface area contributed by atoms with Crippen LogP contribution in [0.25, 0.3) is 0 Å². The van der Waals surface area contributed by atoms with Crippen molar-refractivity contribution < 1.29 is 4.79 Å². The van der Waals surface area contributed by atoms with Crippen LogP contribution in [0.1, 0.15) is 52.9 Å². The smallest absolute Gasteiger partial charge is 0.221 e. The highest BCUT2D eigenvalue weighted by Crippen LogP contribution is 2.05. The van der Waals surface area contributed by atoms with Gasteiger partial charge in [-0.15, -0.1) is 0 Å². The van der Waals surface area contributed by atoms with Crippen LogP contribution in [0, 0.1) is 5.92 Å². The van der Waals surface area contributed by atoms with E-state index in [9.17, 15) is 4.79 Å². The molecule has 0 saturated heterocycles. The van der Waals surface area contributed by atoms with Crippen LogP contribution in [0.15, 0.2) is 0 Å². The van der Waals surface area contributed by atoms with E-state index in [0.29, 0.717) is 12.3 Å². The summed E-state index contributed by atoms with van der Waals surface area (Å²) in [7, 11) is 0. The zero-order chi connectivity index (χ0) is 11.7. The largest absolute Gasteiger partial charge is 0.356 e. The molecule has 3 nitrogen and oxygen atoms in total. The highest BCUT2D eigenvalue weighted by Gasteiger charge is 2.10. The number of rotatable bonds is 8. The Kier molecular flexibility index (Phi) is 8.38. The predicted octanol–water partition coefficient (Wildman–Crippen LogP) is 2.06. The van der Waals surface area contributed by atoms with Gasteiger partial charge in [0.1, 0.15) is 0 Å². The van der Waals surface area contributed by atoms with Gasteiger partial charge in [0.05, 0.1) is 0 Å². The zero-order valence-electron chi connectivity index (χ0n) is 10.4. The molecule has 0 saturated carbocycles. The van der Waals surface area contributed by atoms with Crippen LogP contribution in [0.4, 0.5) is 0 Å². The van der Waals surface area contributed by atoms with Gasteiger partial charge in [-0.3, -0.25) is 4.79 Å². The van der Waals surface area contributed by atoms with Gasteiger partial charge in [-0.05, 0) is 12.3 Å². The van der Waals surface area contributed by atoms with Crippen LogP contribution in [-0.2, 0) is 4.79 Å². The van der Waals surface area contributed by atoms with Crippen LogP contribution in [-0.4, -0.2) is 18.5 Å². The fourth-order valence-electron chi connectivity index (χ4n) is 1.62. The molecule has 90 valence electrons. The van der Waals surface area contributed by atoms with Crippen molar-refractivity contribution in [1.82, 2.24) is 5.32 Å². The van der Waals surface area contributed by atoms with E-state index in [-0.39, 0.29) is 11.9 Å². The standard InChI is InChI=1S/C12H26N2O/c1-4-7-11(13)8-12(15)14-9-10(5-2)6-3/h10-11H,4-9,13H2,1-3H3,(H,14,15). The van der Waals surface area contributed by atoms with Crippen LogP contribution < -0.4 is 11.1 Å². The van der Waals surface area contributed by atoms with Gasteiger partial charge >= 0.3 is 0 Å². The number of carbonyl (C=O) groups is 1. The molecule has 15 heavy (non-hydrogen) atoms. The summed E-state index contributed by atoms with van der Waals surface area (Å²) in [5.74, 6) is 0.708. The Hall–Kier alpha value is -0.570. The minimum atomic E-state index is 0.0247. The lowest BCUT2D eigenvalue weighted by atomic mass is 10.0. The summed E-state index contributed by atoms with van der Waals surface area (Å²) in [4.78, 5) is 11.5. The van der Waals surface area contributed by atoms with Gasteiger partial charge in [-0.2, -0.15) is 0 Å². The van der Waals surface area contributed by atoms with Crippen molar-refractivity contribution in [2.45, 2.75) is 58.9 Å². The van der Waals surface area contributed by atoms with E-state index in [1.807, 2.05) is 0 Å². The van der Waals surface area contributed by atoms with Gasteiger partial charge in [0, 0.05) is 19.0 Å². The van der Waals surface area contributed by atoms with E-state index < -0.39 is 0 Å². The Balaban J connectivity index is 3.64. The Morgan fingerprint density at radius 3 is 2.33 bits per heavy atom. The molecule has 0 aliphatic heterocycles. The second kappa shape index (κ2) is 8.72. The number of nitrogens with one attached hydrogen (secondary N) is 1. The molecule has 0 aliphatic carbocycles. The summed E-state index contributed by atoms with van der Waals surface area (Å²) in [6.45, 7) is 7.19. The van der Waals surface area contributed by atoms with Crippen molar-refractivity contribution in [3.05, 3.63) is 0 Å². The molecule has 0 spiro atoms. The predicted molar refractivity (Wildman–Crippen MR) is 64.6 cm³/mol. The van der Waals surface area contributed by atoms with Crippen molar-refractivity contribution in [2.75, 3.05) is 6.54 Å². The fourth-order valence-corrected chi connectivity index (χ4v) is 1.62. The highest BCUT2D eigenvalue weighted by molar-refractivity contribution is 5.76. The average Bonchev–Trinajstić information content (AvgIpc) is 2.19. The Bertz CT molecular complexity index is 167. The Morgan fingerprint density at radius 1 is 1.27 bits per heavy atom. The molecule has 0 rings (SSSR count). The minimum Gasteiger partial charge on any atom is -0.356 e. The maximum Gasteiger partial charge on any atom is 0.221 e. The third kappa shape index (κ3) is 7.37. The summed E-state index contributed by atoms with van der Waals surface area (Å²) < 4.78 is 0. The van der Waals surface area contributed by atoms with Crippen molar-refractivity contribution in [2.24, 2.45) is 11.7 Å². The van der Waals surface area contributed by atoms with E-state index in [0.717, 1.165) is 32.2 Å². The lowest BCUT2D eigenvalue weighted by molar-refractivity contribution is -0.121. The maximum absolute atomic E-state index is 11.5. The highest BCUT2D eigenvalue weighted by atomic mass is 16.1. The monoisotopic (exact) mass is 214 g/mol. The number of nitrogens with two attached hydrogens (primary N) is 1. The molecular weight excluding hydrogens is 188 g/mol. The van der Waals surface area contributed by atoms with Crippen LogP contribution in [0.3, 0.4) is 0 Å². The third-order valence-electron chi connectivity index (χ3n) is 2.85. The molecule has 0 bridgehead atoms. The first-order valence-corrected chi connectivity index (χ1v) is 6.16. The topological polar surface area (TPSA) is 55.1 Å². The van der Waals surface area contributed by atoms with Gasteiger partial charge in [0.15, 0.2) is 0 Å². The Labute approximate surface area is 93.8 Å². The van der Waals surface area contributed by atoms with E-state index in [1.54, 1.807) is 0 Å². The molecule has 0 aromatic heterocycles. The molecule has 0 fully saturated rings. The molecule has 0 heterocycles. The number of hydrogen-bond acceptors (Lipinski definition) is 2. The van der Waals surface area contributed by atoms with Crippen LogP contribution in [0.5, 0.6) is 0 Å². The second-order valence-electron chi connectivity index (χ2n) is 4.24. The van der Waals surface area contributed by atoms with Crippen LogP contribution >= 0.6 is 0 Å². The summed E-state index contributed by atoms with van der Waals surface area (Å²) in [6.07, 6.45) is 4.68. The molecule has 0 aromatic rings. The average molecular weight is 214 g/mol. The van der Waals surface area contributed by atoms with Gasteiger partial charge in [0.25, 0.3) is 0 Å². The van der Waals surface area contributed by atoms with E-state index in [2.05, 4.69) is 26.1 Å². The second-order valence-corrected chi connectivity index (χ2v) is 4.24. The quantitative estimate of drug-likeness (QED) is 0.650. The molecule has 1 amide bonds. The molecule has 0 aliphatic rings. The van der Waals surface area contributed by atoms with Gasteiger partial charge in [-0.1, -0.05) is 40.0 Å². The van der Waals surface area contributed by atoms with E-state index in [4.69, 9.17) is 5.73 Å². The number of hydrogen-bond donors (Lipinski definition) is 2. The Morgan fingerprint density at radius 2 is 1.87 bits per heavy atom. The first-order chi connectivity index (χ1) is 7.13. The SMILES string of the molecule is CCCC(N)CC(=O)NCC(CC)CC. The fraction of sp³-hybridized carbons (Fsp3) is 0.917. The van der Waals surface area contributed by atoms with Crippen molar-refractivity contribution >= 4 is 5.91 Å². The summed E-state index contributed by atoms with van der Waals surface area (Å²) in [5.41, 5.74) is 5.80. The lowest BCUT2D eigenvalue weighted by Gasteiger charge is -2.15. The van der Waals surface area contributed by atoms with Gasteiger partial charge in [0.2, 0.25) is 5.91 Å². The molecular formula is C12H26N2O. The molecule has 3 heteroatoms. The third-order valence-corrected chi connectivity index (χ3v) is 2.85. The first kappa shape index (κ1) is 14.4. The minimum absolute atomic E-state index is 0.0247. The molecule has 1 unspecified atom stereocenters. The zero-order valence-corrected chi connectivity index (χ0v) is 10.4. The van der Waals surface area contributed by atoms with Crippen molar-refractivity contribution in [3.8, 4) is 0 Å². The van der Waals surface area contributed by atoms with Crippen molar-refractivity contribution in [3.63, 3.8) is 0 Å². The molecule has 3 N–H and O–H groups in total. The normalized spacial score (nSPS) is 12.9. The summed E-state index contributed by atoms with van der Waals surface area (Å²) >= 11 is 0. The van der Waals surface area contributed by atoms with E-state index in [1.165, 1.54) is 0 Å².